The topological polar surface area (TPSA) is 66.0 Å². The van der Waals surface area contributed by atoms with Crippen LogP contribution in [-0.4, -0.2) is 57.6 Å². The molecule has 2 aromatic rings. The summed E-state index contributed by atoms with van der Waals surface area (Å²) in [7, 11) is 5.04. The molecule has 0 heterocycles. The smallest absolute Gasteiger partial charge is 0.243 e. The third-order valence-corrected chi connectivity index (χ3v) is 4.33. The highest BCUT2D eigenvalue weighted by Gasteiger charge is 2.05. The molecule has 0 bridgehead atoms. The minimum atomic E-state index is -0.245. The lowest BCUT2D eigenvalue weighted by molar-refractivity contribution is -0.127. The highest BCUT2D eigenvalue weighted by molar-refractivity contribution is 14.0. The molecule has 0 saturated carbocycles. The molecule has 0 aromatic heterocycles. The van der Waals surface area contributed by atoms with Gasteiger partial charge >= 0.3 is 0 Å². The van der Waals surface area contributed by atoms with E-state index in [4.69, 9.17) is 4.74 Å². The average Bonchev–Trinajstić information content (AvgIpc) is 2.71. The molecule has 164 valence electrons. The van der Waals surface area contributed by atoms with E-state index in [1.807, 2.05) is 30.3 Å². The van der Waals surface area contributed by atoms with Crippen molar-refractivity contribution in [1.82, 2.24) is 15.5 Å². The third kappa shape index (κ3) is 9.43. The largest absolute Gasteiger partial charge is 0.497 e. The summed E-state index contributed by atoms with van der Waals surface area (Å²) in [5, 5.41) is 6.46. The molecule has 0 unspecified atom stereocenters. The van der Waals surface area contributed by atoms with Crippen molar-refractivity contribution in [3.63, 3.8) is 0 Å². The maximum Gasteiger partial charge on any atom is 0.243 e. The van der Waals surface area contributed by atoms with Gasteiger partial charge < -0.3 is 20.3 Å². The molecule has 8 heteroatoms. The minimum Gasteiger partial charge on any atom is -0.497 e. The van der Waals surface area contributed by atoms with Crippen LogP contribution in [0.15, 0.2) is 53.5 Å². The number of carbonyl (C=O) groups is 1. The molecule has 2 N–H and O–H groups in total. The lowest BCUT2D eigenvalue weighted by Gasteiger charge is -2.14. The Morgan fingerprint density at radius 2 is 1.67 bits per heavy atom. The summed E-state index contributed by atoms with van der Waals surface area (Å²) in [4.78, 5) is 17.7. The summed E-state index contributed by atoms with van der Waals surface area (Å²) >= 11 is 0. The molecule has 0 radical (unpaired) electrons. The van der Waals surface area contributed by atoms with Gasteiger partial charge in [-0.15, -0.1) is 24.0 Å². The van der Waals surface area contributed by atoms with E-state index in [9.17, 15) is 9.18 Å². The molecule has 0 saturated heterocycles. The van der Waals surface area contributed by atoms with Crippen LogP contribution in [-0.2, 0) is 17.6 Å². The first-order chi connectivity index (χ1) is 14.0. The number of carbonyl (C=O) groups excluding carboxylic acids is 1. The van der Waals surface area contributed by atoms with Crippen LogP contribution in [0.4, 0.5) is 4.39 Å². The highest BCUT2D eigenvalue weighted by atomic mass is 127. The normalized spacial score (nSPS) is 10.7. The second-order valence-electron chi connectivity index (χ2n) is 6.78. The van der Waals surface area contributed by atoms with Crippen LogP contribution in [0, 0.1) is 5.82 Å². The molecule has 0 spiro atoms. The van der Waals surface area contributed by atoms with Gasteiger partial charge in [0.2, 0.25) is 5.91 Å². The number of hydrogen-bond acceptors (Lipinski definition) is 3. The van der Waals surface area contributed by atoms with Gasteiger partial charge in [0.25, 0.3) is 0 Å². The van der Waals surface area contributed by atoms with Crippen LogP contribution >= 0.6 is 24.0 Å². The standard InChI is InChI=1S/C22H29FN4O2.HI/c1-27(2)21(28)16-26-22(25-14-12-18-5-4-6-19(23)15-18)24-13-11-17-7-9-20(29-3)10-8-17;/h4-10,15H,11-14,16H2,1-3H3,(H2,24,25,26);1H. The number of rotatable bonds is 9. The number of aliphatic imine (C=N–C) groups is 1. The SMILES string of the molecule is COc1ccc(CCNC(=NCC(=O)N(C)C)NCCc2cccc(F)c2)cc1.I. The summed E-state index contributed by atoms with van der Waals surface area (Å²) in [6.45, 7) is 1.30. The predicted molar refractivity (Wildman–Crippen MR) is 129 cm³/mol. The number of nitrogens with one attached hydrogen (secondary N) is 2. The fourth-order valence-corrected chi connectivity index (χ4v) is 2.60. The van der Waals surface area contributed by atoms with E-state index in [1.54, 1.807) is 27.3 Å². The van der Waals surface area contributed by atoms with E-state index in [2.05, 4.69) is 15.6 Å². The predicted octanol–water partition coefficient (Wildman–Crippen LogP) is 2.86. The number of amides is 1. The van der Waals surface area contributed by atoms with Gasteiger partial charge in [-0.05, 0) is 48.2 Å². The minimum absolute atomic E-state index is 0. The zero-order valence-corrected chi connectivity index (χ0v) is 20.0. The number of halogens is 2. The van der Waals surface area contributed by atoms with Gasteiger partial charge in [0.1, 0.15) is 18.1 Å². The molecule has 0 aliphatic heterocycles. The molecule has 30 heavy (non-hydrogen) atoms. The Kier molecular flexibility index (Phi) is 11.8. The number of methoxy groups -OCH3 is 1. The van der Waals surface area contributed by atoms with Gasteiger partial charge in [-0.1, -0.05) is 24.3 Å². The fraction of sp³-hybridized carbons (Fsp3) is 0.364. The number of benzene rings is 2. The van der Waals surface area contributed by atoms with Gasteiger partial charge in [-0.3, -0.25) is 4.79 Å². The van der Waals surface area contributed by atoms with Crippen molar-refractivity contribution in [1.29, 1.82) is 0 Å². The van der Waals surface area contributed by atoms with Gasteiger partial charge in [0.15, 0.2) is 5.96 Å². The molecule has 0 atom stereocenters. The van der Waals surface area contributed by atoms with Gasteiger partial charge in [0.05, 0.1) is 7.11 Å². The second-order valence-corrected chi connectivity index (χ2v) is 6.78. The maximum atomic E-state index is 13.3. The van der Waals surface area contributed by atoms with Crippen LogP contribution in [0.5, 0.6) is 5.75 Å². The summed E-state index contributed by atoms with van der Waals surface area (Å²) in [6.07, 6.45) is 1.45. The van der Waals surface area contributed by atoms with Crippen LogP contribution < -0.4 is 15.4 Å². The number of likely N-dealkylation sites (N-methyl/N-ethyl adjacent to an activating group) is 1. The van der Waals surface area contributed by atoms with Crippen molar-refractivity contribution in [2.75, 3.05) is 40.8 Å². The number of hydrogen-bond donors (Lipinski definition) is 2. The molecular formula is C22H30FIN4O2. The number of guanidine groups is 1. The molecule has 0 aliphatic rings. The Hall–Kier alpha value is -2.36. The molecule has 2 rings (SSSR count). The molecule has 6 nitrogen and oxygen atoms in total. The Bertz CT molecular complexity index is 813. The summed E-state index contributed by atoms with van der Waals surface area (Å²) in [5.74, 6) is 1.06. The van der Waals surface area contributed by atoms with Crippen LogP contribution in [0.1, 0.15) is 11.1 Å². The summed E-state index contributed by atoms with van der Waals surface area (Å²) < 4.78 is 18.5. The van der Waals surface area contributed by atoms with E-state index in [0.717, 1.165) is 17.7 Å². The van der Waals surface area contributed by atoms with Crippen molar-refractivity contribution in [2.24, 2.45) is 4.99 Å². The van der Waals surface area contributed by atoms with Gasteiger partial charge in [-0.2, -0.15) is 0 Å². The van der Waals surface area contributed by atoms with Crippen molar-refractivity contribution in [3.8, 4) is 5.75 Å². The summed E-state index contributed by atoms with van der Waals surface area (Å²) in [5.41, 5.74) is 2.07. The van der Waals surface area contributed by atoms with Gasteiger partial charge in [0, 0.05) is 27.2 Å². The van der Waals surface area contributed by atoms with Crippen molar-refractivity contribution < 1.29 is 13.9 Å². The van der Waals surface area contributed by atoms with Crippen molar-refractivity contribution in [2.45, 2.75) is 12.8 Å². The van der Waals surface area contributed by atoms with Gasteiger partial charge in [-0.25, -0.2) is 9.38 Å². The Morgan fingerprint density at radius 1 is 1.03 bits per heavy atom. The van der Waals surface area contributed by atoms with E-state index in [1.165, 1.54) is 22.6 Å². The number of nitrogens with zero attached hydrogens (tertiary/aromatic N) is 2. The van der Waals surface area contributed by atoms with Crippen molar-refractivity contribution >= 4 is 35.8 Å². The first-order valence-corrected chi connectivity index (χ1v) is 9.57. The Morgan fingerprint density at radius 3 is 2.23 bits per heavy atom. The van der Waals surface area contributed by atoms with Crippen LogP contribution in [0.3, 0.4) is 0 Å². The zero-order chi connectivity index (χ0) is 21.1. The fourth-order valence-electron chi connectivity index (χ4n) is 2.60. The summed E-state index contributed by atoms with van der Waals surface area (Å²) in [6, 6.07) is 14.4. The lowest BCUT2D eigenvalue weighted by Crippen LogP contribution is -2.40. The molecule has 2 aromatic carbocycles. The van der Waals surface area contributed by atoms with Crippen LogP contribution in [0.25, 0.3) is 0 Å². The monoisotopic (exact) mass is 528 g/mol. The van der Waals surface area contributed by atoms with E-state index >= 15 is 0 Å². The maximum absolute atomic E-state index is 13.3. The lowest BCUT2D eigenvalue weighted by atomic mass is 10.1. The number of ether oxygens (including phenoxy) is 1. The van der Waals surface area contributed by atoms with E-state index in [0.29, 0.717) is 25.5 Å². The zero-order valence-electron chi connectivity index (χ0n) is 17.7. The third-order valence-electron chi connectivity index (χ3n) is 4.33. The molecule has 1 amide bonds. The van der Waals surface area contributed by atoms with E-state index in [-0.39, 0.29) is 42.2 Å². The average molecular weight is 528 g/mol. The highest BCUT2D eigenvalue weighted by Crippen LogP contribution is 2.11. The Labute approximate surface area is 194 Å². The molecule has 0 fully saturated rings. The quantitative estimate of drug-likeness (QED) is 0.299. The Balaban J connectivity index is 0.00000450. The molecule has 0 aliphatic carbocycles. The first-order valence-electron chi connectivity index (χ1n) is 9.57. The molecular weight excluding hydrogens is 498 g/mol. The van der Waals surface area contributed by atoms with E-state index < -0.39 is 0 Å². The van der Waals surface area contributed by atoms with Crippen LogP contribution in [0.2, 0.25) is 0 Å². The first kappa shape index (κ1) is 25.7. The van der Waals surface area contributed by atoms with Crippen molar-refractivity contribution in [3.05, 3.63) is 65.5 Å². The second kappa shape index (κ2) is 13.8.